The molecular weight excluding hydrogens is 172 g/mol. The second-order valence-corrected chi connectivity index (χ2v) is 3.68. The van der Waals surface area contributed by atoms with Crippen LogP contribution in [0.4, 0.5) is 0 Å². The maximum absolute atomic E-state index is 8.82. The van der Waals surface area contributed by atoms with Crippen molar-refractivity contribution in [2.24, 2.45) is 0 Å². The fourth-order valence-corrected chi connectivity index (χ4v) is 2.28. The molecule has 2 aliphatic heterocycles. The van der Waals surface area contributed by atoms with E-state index in [1.807, 2.05) is 0 Å². The molecule has 0 unspecified atom stereocenters. The second kappa shape index (κ2) is 3.35. The van der Waals surface area contributed by atoms with Gasteiger partial charge in [-0.25, -0.2) is 0 Å². The van der Waals surface area contributed by atoms with Crippen molar-refractivity contribution >= 4 is 11.8 Å². The van der Waals surface area contributed by atoms with E-state index in [0.29, 0.717) is 0 Å². The summed E-state index contributed by atoms with van der Waals surface area (Å²) in [6.45, 7) is 2.41. The number of thioether (sulfide) groups is 1. The van der Waals surface area contributed by atoms with Gasteiger partial charge in [-0.05, 0) is 0 Å². The summed E-state index contributed by atoms with van der Waals surface area (Å²) in [6, 6.07) is 2.23. The molecule has 0 aromatic rings. The predicted molar refractivity (Wildman–Crippen MR) is 47.8 cm³/mol. The molecule has 2 heterocycles. The summed E-state index contributed by atoms with van der Waals surface area (Å²) in [6.07, 6.45) is 0. The van der Waals surface area contributed by atoms with Crippen LogP contribution < -0.4 is 10.6 Å². The van der Waals surface area contributed by atoms with Crippen molar-refractivity contribution in [3.05, 3.63) is 10.6 Å². The first-order chi connectivity index (χ1) is 5.92. The Morgan fingerprint density at radius 3 is 3.08 bits per heavy atom. The van der Waals surface area contributed by atoms with Crippen LogP contribution in [0.1, 0.15) is 0 Å². The van der Waals surface area contributed by atoms with Crippen molar-refractivity contribution in [1.82, 2.24) is 15.5 Å². The van der Waals surface area contributed by atoms with Crippen molar-refractivity contribution in [1.29, 1.82) is 5.26 Å². The van der Waals surface area contributed by atoms with E-state index in [-0.39, 0.29) is 0 Å². The van der Waals surface area contributed by atoms with Crippen molar-refractivity contribution in [2.75, 3.05) is 25.8 Å². The molecule has 12 heavy (non-hydrogen) atoms. The summed E-state index contributed by atoms with van der Waals surface area (Å²) in [5.41, 5.74) is 0.868. The molecule has 2 N–H and O–H groups in total. The van der Waals surface area contributed by atoms with E-state index >= 15 is 0 Å². The van der Waals surface area contributed by atoms with Crippen LogP contribution in [0.5, 0.6) is 0 Å². The number of nitrogens with zero attached hydrogens (tertiary/aromatic N) is 2. The zero-order valence-electron chi connectivity index (χ0n) is 6.63. The molecule has 2 rings (SSSR count). The van der Waals surface area contributed by atoms with Gasteiger partial charge < -0.3 is 4.90 Å². The Hall–Kier alpha value is -0.700. The summed E-state index contributed by atoms with van der Waals surface area (Å²) in [7, 11) is 0. The molecule has 0 saturated carbocycles. The summed E-state index contributed by atoms with van der Waals surface area (Å²) in [5, 5.41) is 16.4. The Morgan fingerprint density at radius 1 is 1.42 bits per heavy atom. The van der Waals surface area contributed by atoms with E-state index in [4.69, 9.17) is 5.26 Å². The van der Waals surface area contributed by atoms with Crippen LogP contribution in [0.2, 0.25) is 0 Å². The normalized spacial score (nSPS) is 23.4. The predicted octanol–water partition coefficient (Wildman–Crippen LogP) is -0.164. The highest BCUT2D eigenvalue weighted by atomic mass is 32.2. The number of fused-ring (bicyclic) bond motifs is 1. The van der Waals surface area contributed by atoms with E-state index in [0.717, 1.165) is 36.4 Å². The Morgan fingerprint density at radius 2 is 2.25 bits per heavy atom. The monoisotopic (exact) mass is 182 g/mol. The van der Waals surface area contributed by atoms with Gasteiger partial charge >= 0.3 is 0 Å². The van der Waals surface area contributed by atoms with Gasteiger partial charge in [-0.3, -0.25) is 10.6 Å². The zero-order chi connectivity index (χ0) is 8.39. The molecule has 0 aromatic heterocycles. The van der Waals surface area contributed by atoms with Gasteiger partial charge in [0.2, 0.25) is 0 Å². The van der Waals surface area contributed by atoms with Crippen molar-refractivity contribution in [3.63, 3.8) is 0 Å². The minimum absolute atomic E-state index is 0.718. The molecule has 0 amide bonds. The van der Waals surface area contributed by atoms with E-state index in [2.05, 4.69) is 21.6 Å². The lowest BCUT2D eigenvalue weighted by atomic mass is 10.3. The van der Waals surface area contributed by atoms with Gasteiger partial charge in [-0.2, -0.15) is 5.26 Å². The molecule has 0 aliphatic carbocycles. The molecule has 0 atom stereocenters. The molecule has 0 aromatic carbocycles. The van der Waals surface area contributed by atoms with Crippen LogP contribution in [0.15, 0.2) is 10.6 Å². The van der Waals surface area contributed by atoms with Gasteiger partial charge in [0, 0.05) is 12.4 Å². The summed E-state index contributed by atoms with van der Waals surface area (Å²) >= 11 is 1.71. The van der Waals surface area contributed by atoms with Crippen LogP contribution >= 0.6 is 11.8 Å². The Labute approximate surface area is 75.6 Å². The summed E-state index contributed by atoms with van der Waals surface area (Å²) in [5.74, 6) is 0.914. The first kappa shape index (κ1) is 7.92. The average molecular weight is 182 g/mol. The lowest BCUT2D eigenvalue weighted by Crippen LogP contribution is -2.46. The number of nitriles is 1. The highest BCUT2D eigenvalue weighted by Gasteiger charge is 2.22. The van der Waals surface area contributed by atoms with E-state index in [1.165, 1.54) is 0 Å². The van der Waals surface area contributed by atoms with Crippen molar-refractivity contribution < 1.29 is 0 Å². The first-order valence-electron chi connectivity index (χ1n) is 3.84. The number of hydrogen-bond donors (Lipinski definition) is 2. The second-order valence-electron chi connectivity index (χ2n) is 2.72. The molecule has 0 radical (unpaired) electrons. The summed E-state index contributed by atoms with van der Waals surface area (Å²) in [4.78, 5) is 2.15. The average Bonchev–Trinajstić information content (AvgIpc) is 2.17. The largest absolute Gasteiger partial charge is 0.340 e. The number of nitrogens with one attached hydrogen (secondary N) is 2. The fourth-order valence-electron chi connectivity index (χ4n) is 1.35. The molecule has 5 heteroatoms. The fraction of sp³-hybridized carbons (Fsp3) is 0.571. The van der Waals surface area contributed by atoms with Crippen LogP contribution in [0.3, 0.4) is 0 Å². The molecule has 64 valence electrons. The van der Waals surface area contributed by atoms with Crippen molar-refractivity contribution in [3.8, 4) is 6.07 Å². The molecule has 2 aliphatic rings. The van der Waals surface area contributed by atoms with Crippen LogP contribution in [-0.2, 0) is 0 Å². The zero-order valence-corrected chi connectivity index (χ0v) is 7.45. The van der Waals surface area contributed by atoms with Gasteiger partial charge in [0.25, 0.3) is 0 Å². The lowest BCUT2D eigenvalue weighted by molar-refractivity contribution is 0.298. The highest BCUT2D eigenvalue weighted by molar-refractivity contribution is 8.03. The van der Waals surface area contributed by atoms with E-state index in [9.17, 15) is 0 Å². The third-order valence-electron chi connectivity index (χ3n) is 1.90. The quantitative estimate of drug-likeness (QED) is 0.545. The molecule has 0 bridgehead atoms. The summed E-state index contributed by atoms with van der Waals surface area (Å²) < 4.78 is 0. The molecule has 0 spiro atoms. The highest BCUT2D eigenvalue weighted by Crippen LogP contribution is 2.26. The van der Waals surface area contributed by atoms with Gasteiger partial charge in [-0.15, -0.1) is 0 Å². The smallest absolute Gasteiger partial charge is 0.0988 e. The SMILES string of the molecule is N#CC1=C2SCNCN2CNC1. The Kier molecular flexibility index (Phi) is 2.21. The van der Waals surface area contributed by atoms with Gasteiger partial charge in [0.05, 0.1) is 30.0 Å². The van der Waals surface area contributed by atoms with Crippen LogP contribution in [0, 0.1) is 11.3 Å². The van der Waals surface area contributed by atoms with Crippen LogP contribution in [-0.4, -0.2) is 30.7 Å². The standard InChI is InChI=1S/C7H10N4S/c8-1-6-2-9-3-11-4-10-5-12-7(6)11/h9-10H,2-5H2. The topological polar surface area (TPSA) is 51.1 Å². The Balaban J connectivity index is 2.26. The maximum atomic E-state index is 8.82. The van der Waals surface area contributed by atoms with E-state index < -0.39 is 0 Å². The lowest BCUT2D eigenvalue weighted by Gasteiger charge is -2.35. The van der Waals surface area contributed by atoms with Gasteiger partial charge in [0.1, 0.15) is 0 Å². The van der Waals surface area contributed by atoms with Gasteiger partial charge in [-0.1, -0.05) is 11.8 Å². The molecule has 1 saturated heterocycles. The number of hydrogen-bond acceptors (Lipinski definition) is 5. The third-order valence-corrected chi connectivity index (χ3v) is 3.02. The Bertz CT molecular complexity index is 255. The van der Waals surface area contributed by atoms with Gasteiger partial charge in [0.15, 0.2) is 0 Å². The van der Waals surface area contributed by atoms with E-state index in [1.54, 1.807) is 11.8 Å². The molecular formula is C7H10N4S. The molecule has 4 nitrogen and oxygen atoms in total. The maximum Gasteiger partial charge on any atom is 0.0988 e. The first-order valence-corrected chi connectivity index (χ1v) is 4.83. The molecule has 1 fully saturated rings. The number of rotatable bonds is 0. The minimum Gasteiger partial charge on any atom is -0.340 e. The van der Waals surface area contributed by atoms with Crippen molar-refractivity contribution in [2.45, 2.75) is 0 Å². The third kappa shape index (κ3) is 1.29. The van der Waals surface area contributed by atoms with Crippen LogP contribution in [0.25, 0.3) is 0 Å². The minimum atomic E-state index is 0.718.